The smallest absolute Gasteiger partial charge is 0.421 e. The van der Waals surface area contributed by atoms with Gasteiger partial charge in [0.1, 0.15) is 6.61 Å². The molecule has 0 atom stereocenters. The normalized spacial score (nSPS) is 9.86. The summed E-state index contributed by atoms with van der Waals surface area (Å²) < 4.78 is 4.73. The average Bonchev–Trinajstić information content (AvgIpc) is 2.20. The number of ether oxygens (including phenoxy) is 1. The summed E-state index contributed by atoms with van der Waals surface area (Å²) in [5.41, 5.74) is 5.25. The molecule has 0 heterocycles. The summed E-state index contributed by atoms with van der Waals surface area (Å²) in [6, 6.07) is 0. The van der Waals surface area contributed by atoms with Crippen molar-refractivity contribution in [3.63, 3.8) is 0 Å². The quantitative estimate of drug-likeness (QED) is 0.332. The molecule has 0 aromatic carbocycles. The number of thiol groups is 1. The highest BCUT2D eigenvalue weighted by Crippen LogP contribution is 1.96. The molecule has 0 aliphatic heterocycles. The summed E-state index contributed by atoms with van der Waals surface area (Å²) in [6.45, 7) is 3.29. The highest BCUT2D eigenvalue weighted by atomic mass is 32.1. The third-order valence-corrected chi connectivity index (χ3v) is 1.85. The number of hydrogen-bond donors (Lipinski definition) is 3. The van der Waals surface area contributed by atoms with Gasteiger partial charge in [-0.3, -0.25) is 5.43 Å². The van der Waals surface area contributed by atoms with Crippen molar-refractivity contribution in [2.45, 2.75) is 32.6 Å². The first kappa shape index (κ1) is 13.6. The van der Waals surface area contributed by atoms with Gasteiger partial charge in [-0.15, -0.1) is 0 Å². The first-order chi connectivity index (χ1) is 6.81. The van der Waals surface area contributed by atoms with Crippen LogP contribution in [0.2, 0.25) is 0 Å². The number of nitrogens with one attached hydrogen (secondary N) is 2. The van der Waals surface area contributed by atoms with E-state index in [9.17, 15) is 4.79 Å². The number of amides is 1. The number of hydrazine groups is 1. The molecule has 0 saturated heterocycles. The predicted molar refractivity (Wildman–Crippen MR) is 60.5 cm³/mol. The Morgan fingerprint density at radius 2 is 2.14 bits per heavy atom. The molecule has 0 aliphatic rings. The van der Waals surface area contributed by atoms with Crippen molar-refractivity contribution in [2.75, 3.05) is 18.9 Å². The van der Waals surface area contributed by atoms with Crippen molar-refractivity contribution in [1.29, 1.82) is 0 Å². The van der Waals surface area contributed by atoms with Crippen LogP contribution >= 0.6 is 12.6 Å². The molecule has 0 unspecified atom stereocenters. The second-order valence-electron chi connectivity index (χ2n) is 2.97. The molecular formula is C9H20N2O2S. The van der Waals surface area contributed by atoms with E-state index in [4.69, 9.17) is 4.74 Å². The fourth-order valence-corrected chi connectivity index (χ4v) is 1.04. The highest BCUT2D eigenvalue weighted by Gasteiger charge is 1.97. The van der Waals surface area contributed by atoms with Gasteiger partial charge in [0, 0.05) is 12.3 Å². The van der Waals surface area contributed by atoms with Gasteiger partial charge in [-0.1, -0.05) is 26.2 Å². The zero-order chi connectivity index (χ0) is 10.6. The lowest BCUT2D eigenvalue weighted by Crippen LogP contribution is -2.38. The van der Waals surface area contributed by atoms with Crippen LogP contribution in [0.5, 0.6) is 0 Å². The lowest BCUT2D eigenvalue weighted by Gasteiger charge is -2.06. The van der Waals surface area contributed by atoms with Crippen LogP contribution in [0.4, 0.5) is 4.79 Å². The van der Waals surface area contributed by atoms with E-state index in [0.29, 0.717) is 12.4 Å². The highest BCUT2D eigenvalue weighted by molar-refractivity contribution is 7.80. The first-order valence-corrected chi connectivity index (χ1v) is 5.71. The number of carbonyl (C=O) groups is 1. The monoisotopic (exact) mass is 220 g/mol. The summed E-state index contributed by atoms with van der Waals surface area (Å²) in [5.74, 6) is 0.546. The zero-order valence-corrected chi connectivity index (χ0v) is 9.61. The van der Waals surface area contributed by atoms with E-state index in [-0.39, 0.29) is 0 Å². The molecule has 0 aromatic heterocycles. The van der Waals surface area contributed by atoms with Crippen LogP contribution in [-0.2, 0) is 4.74 Å². The van der Waals surface area contributed by atoms with Gasteiger partial charge in [-0.25, -0.2) is 10.2 Å². The second kappa shape index (κ2) is 10.7. The van der Waals surface area contributed by atoms with Crippen molar-refractivity contribution >= 4 is 18.7 Å². The maximum absolute atomic E-state index is 10.9. The van der Waals surface area contributed by atoms with E-state index >= 15 is 0 Å². The Balaban J connectivity index is 3.07. The Bertz CT molecular complexity index is 145. The van der Waals surface area contributed by atoms with Crippen LogP contribution in [0, 0.1) is 0 Å². The molecule has 0 spiro atoms. The fraction of sp³-hybridized carbons (Fsp3) is 0.889. The molecule has 0 rings (SSSR count). The molecule has 1 amide bonds. The summed E-state index contributed by atoms with van der Waals surface area (Å²) in [6.07, 6.45) is 4.29. The Morgan fingerprint density at radius 1 is 1.36 bits per heavy atom. The van der Waals surface area contributed by atoms with Gasteiger partial charge in [0.05, 0.1) is 0 Å². The molecule has 0 bridgehead atoms. The minimum Gasteiger partial charge on any atom is -0.448 e. The van der Waals surface area contributed by atoms with Crippen molar-refractivity contribution in [1.82, 2.24) is 10.9 Å². The summed E-state index contributed by atoms with van der Waals surface area (Å²) in [7, 11) is 0. The maximum atomic E-state index is 10.9. The van der Waals surface area contributed by atoms with Gasteiger partial charge in [-0.05, 0) is 6.42 Å². The van der Waals surface area contributed by atoms with Gasteiger partial charge in [0.25, 0.3) is 0 Å². The summed E-state index contributed by atoms with van der Waals surface area (Å²) in [4.78, 5) is 10.9. The van der Waals surface area contributed by atoms with Gasteiger partial charge in [-0.2, -0.15) is 12.6 Å². The Labute approximate surface area is 91.2 Å². The lowest BCUT2D eigenvalue weighted by molar-refractivity contribution is 0.148. The van der Waals surface area contributed by atoms with Crippen molar-refractivity contribution in [3.8, 4) is 0 Å². The van der Waals surface area contributed by atoms with Crippen LogP contribution in [0.1, 0.15) is 32.6 Å². The molecular weight excluding hydrogens is 200 g/mol. The molecule has 5 heteroatoms. The average molecular weight is 220 g/mol. The van der Waals surface area contributed by atoms with Gasteiger partial charge in [0.15, 0.2) is 0 Å². The minimum atomic E-state index is -0.436. The zero-order valence-electron chi connectivity index (χ0n) is 8.71. The van der Waals surface area contributed by atoms with Gasteiger partial charge >= 0.3 is 6.09 Å². The van der Waals surface area contributed by atoms with Gasteiger partial charge in [0.2, 0.25) is 0 Å². The first-order valence-electron chi connectivity index (χ1n) is 5.07. The molecule has 2 N–H and O–H groups in total. The standard InChI is InChI=1S/C9H20N2O2S/c1-2-3-4-5-6-10-11-9(12)13-7-8-14/h10,14H,2-8H2,1H3,(H,11,12). The molecule has 0 aromatic rings. The number of hydrogen-bond acceptors (Lipinski definition) is 4. The fourth-order valence-electron chi connectivity index (χ4n) is 0.949. The van der Waals surface area contributed by atoms with E-state index in [1.54, 1.807) is 0 Å². The largest absolute Gasteiger partial charge is 0.448 e. The van der Waals surface area contributed by atoms with E-state index < -0.39 is 6.09 Å². The lowest BCUT2D eigenvalue weighted by atomic mass is 10.2. The third-order valence-electron chi connectivity index (χ3n) is 1.67. The Hall–Kier alpha value is -0.420. The maximum Gasteiger partial charge on any atom is 0.421 e. The second-order valence-corrected chi connectivity index (χ2v) is 3.42. The molecule has 4 nitrogen and oxygen atoms in total. The van der Waals surface area contributed by atoms with Crippen LogP contribution in [0.15, 0.2) is 0 Å². The molecule has 0 radical (unpaired) electrons. The molecule has 0 aliphatic carbocycles. The molecule has 14 heavy (non-hydrogen) atoms. The van der Waals surface area contributed by atoms with Crippen LogP contribution in [0.3, 0.4) is 0 Å². The third kappa shape index (κ3) is 9.67. The van der Waals surface area contributed by atoms with Crippen LogP contribution in [0.25, 0.3) is 0 Å². The topological polar surface area (TPSA) is 50.4 Å². The van der Waals surface area contributed by atoms with E-state index in [2.05, 4.69) is 30.4 Å². The Morgan fingerprint density at radius 3 is 2.79 bits per heavy atom. The van der Waals surface area contributed by atoms with Crippen LogP contribution in [-0.4, -0.2) is 25.0 Å². The number of rotatable bonds is 8. The molecule has 0 saturated carbocycles. The van der Waals surface area contributed by atoms with Crippen molar-refractivity contribution in [3.05, 3.63) is 0 Å². The summed E-state index contributed by atoms with van der Waals surface area (Å²) in [5, 5.41) is 0. The van der Waals surface area contributed by atoms with Crippen molar-refractivity contribution < 1.29 is 9.53 Å². The van der Waals surface area contributed by atoms with E-state index in [1.165, 1.54) is 19.3 Å². The molecule has 0 fully saturated rings. The Kier molecular flexibility index (Phi) is 10.3. The van der Waals surface area contributed by atoms with Crippen molar-refractivity contribution in [2.24, 2.45) is 0 Å². The minimum absolute atomic E-state index is 0.340. The SMILES string of the molecule is CCCCCCNNC(=O)OCCS. The molecule has 84 valence electrons. The number of unbranched alkanes of at least 4 members (excludes halogenated alkanes) is 3. The van der Waals surface area contributed by atoms with Crippen LogP contribution < -0.4 is 10.9 Å². The summed E-state index contributed by atoms with van der Waals surface area (Å²) >= 11 is 3.92. The number of carbonyl (C=O) groups excluding carboxylic acids is 1. The predicted octanol–water partition coefficient (Wildman–Crippen LogP) is 1.73. The van der Waals surface area contributed by atoms with E-state index in [0.717, 1.165) is 13.0 Å². The van der Waals surface area contributed by atoms with Gasteiger partial charge < -0.3 is 4.74 Å². The van der Waals surface area contributed by atoms with E-state index in [1.807, 2.05) is 0 Å².